The van der Waals surface area contributed by atoms with E-state index in [1.54, 1.807) is 11.8 Å². The van der Waals surface area contributed by atoms with Crippen LogP contribution in [-0.4, -0.2) is 21.4 Å². The number of thioether (sulfide) groups is 1. The van der Waals surface area contributed by atoms with E-state index in [1.807, 2.05) is 41.9 Å². The molecule has 0 saturated heterocycles. The lowest BCUT2D eigenvalue weighted by Crippen LogP contribution is -2.15. The highest BCUT2D eigenvalue weighted by Crippen LogP contribution is 2.44. The average Bonchev–Trinajstić information content (AvgIpc) is 2.83. The van der Waals surface area contributed by atoms with Crippen LogP contribution in [0.2, 0.25) is 0 Å². The Balaban J connectivity index is 1.91. The lowest BCUT2D eigenvalue weighted by Gasteiger charge is -2.18. The van der Waals surface area contributed by atoms with Gasteiger partial charge in [-0.15, -0.1) is 11.8 Å². The van der Waals surface area contributed by atoms with Crippen molar-refractivity contribution in [2.45, 2.75) is 26.0 Å². The summed E-state index contributed by atoms with van der Waals surface area (Å²) < 4.78 is 1.85. The van der Waals surface area contributed by atoms with Gasteiger partial charge in [0.2, 0.25) is 5.91 Å². The summed E-state index contributed by atoms with van der Waals surface area (Å²) in [7, 11) is 0. The molecule has 0 spiro atoms. The van der Waals surface area contributed by atoms with Crippen LogP contribution in [0.15, 0.2) is 48.5 Å². The van der Waals surface area contributed by atoms with Crippen molar-refractivity contribution in [1.82, 2.24) is 9.78 Å². The van der Waals surface area contributed by atoms with Gasteiger partial charge >= 0.3 is 0 Å². The number of amides is 1. The normalized spacial score (nSPS) is 16.7. The summed E-state index contributed by atoms with van der Waals surface area (Å²) >= 11 is 1.67. The van der Waals surface area contributed by atoms with Crippen molar-refractivity contribution >= 4 is 23.5 Å². The third kappa shape index (κ3) is 2.92. The molecule has 0 saturated carbocycles. The molecule has 1 N–H and O–H groups in total. The molecule has 0 aliphatic carbocycles. The number of rotatable bonds is 2. The molecule has 1 unspecified atom stereocenters. The predicted octanol–water partition coefficient (Wildman–Crippen LogP) is 4.57. The molecule has 2 aromatic carbocycles. The van der Waals surface area contributed by atoms with Crippen LogP contribution >= 0.6 is 11.8 Å². The summed E-state index contributed by atoms with van der Waals surface area (Å²) in [6.45, 7) is 6.26. The van der Waals surface area contributed by atoms with E-state index in [0.717, 1.165) is 22.8 Å². The van der Waals surface area contributed by atoms with Crippen LogP contribution in [0.3, 0.4) is 0 Å². The largest absolute Gasteiger partial charge is 0.310 e. The van der Waals surface area contributed by atoms with Crippen molar-refractivity contribution in [2.75, 3.05) is 11.1 Å². The third-order valence-electron chi connectivity index (χ3n) is 4.72. The van der Waals surface area contributed by atoms with Crippen molar-refractivity contribution in [3.05, 3.63) is 76.5 Å². The van der Waals surface area contributed by atoms with Gasteiger partial charge in [0.15, 0.2) is 0 Å². The summed E-state index contributed by atoms with van der Waals surface area (Å²) in [4.78, 5) is 12.4. The van der Waals surface area contributed by atoms with Crippen LogP contribution in [0, 0.1) is 20.8 Å². The standard InChI is InChI=1S/C21H21N3OS/c1-13-9-10-17(14(2)11-13)20-19-15(3)23-24(16-7-5-4-6-8-16)21(19)22-18(25)12-26-20/h4-11,20H,12H2,1-3H3,(H,22,25). The number of anilines is 1. The molecule has 26 heavy (non-hydrogen) atoms. The molecule has 3 aromatic rings. The van der Waals surface area contributed by atoms with Gasteiger partial charge < -0.3 is 5.32 Å². The van der Waals surface area contributed by atoms with E-state index in [9.17, 15) is 4.79 Å². The zero-order chi connectivity index (χ0) is 18.3. The fraction of sp³-hybridized carbons (Fsp3) is 0.238. The van der Waals surface area contributed by atoms with Gasteiger partial charge in [0.25, 0.3) is 0 Å². The fourth-order valence-electron chi connectivity index (χ4n) is 3.51. The van der Waals surface area contributed by atoms with Crippen LogP contribution < -0.4 is 5.32 Å². The van der Waals surface area contributed by atoms with Gasteiger partial charge in [-0.05, 0) is 44.0 Å². The Morgan fingerprint density at radius 3 is 2.62 bits per heavy atom. The third-order valence-corrected chi connectivity index (χ3v) is 5.97. The van der Waals surface area contributed by atoms with E-state index in [4.69, 9.17) is 5.10 Å². The number of carbonyl (C=O) groups is 1. The molecule has 1 aliphatic heterocycles. The Labute approximate surface area is 157 Å². The molecule has 4 nitrogen and oxygen atoms in total. The SMILES string of the molecule is Cc1ccc(C2SCC(=O)Nc3c2c(C)nn3-c2ccccc2)c(C)c1. The highest BCUT2D eigenvalue weighted by Gasteiger charge is 2.31. The Morgan fingerprint density at radius 1 is 1.12 bits per heavy atom. The van der Waals surface area contributed by atoms with Crippen LogP contribution in [0.4, 0.5) is 5.82 Å². The summed E-state index contributed by atoms with van der Waals surface area (Å²) in [5, 5.41) is 7.92. The van der Waals surface area contributed by atoms with Gasteiger partial charge in [0, 0.05) is 5.56 Å². The number of hydrogen-bond donors (Lipinski definition) is 1. The maximum absolute atomic E-state index is 12.4. The van der Waals surface area contributed by atoms with Crippen molar-refractivity contribution in [3.63, 3.8) is 0 Å². The Kier molecular flexibility index (Phi) is 4.32. The molecule has 0 fully saturated rings. The topological polar surface area (TPSA) is 46.9 Å². The molecule has 0 radical (unpaired) electrons. The van der Waals surface area contributed by atoms with E-state index in [-0.39, 0.29) is 11.2 Å². The molecule has 1 amide bonds. The maximum Gasteiger partial charge on any atom is 0.235 e. The zero-order valence-electron chi connectivity index (χ0n) is 15.1. The zero-order valence-corrected chi connectivity index (χ0v) is 15.9. The van der Waals surface area contributed by atoms with Crippen LogP contribution in [0.5, 0.6) is 0 Å². The molecular weight excluding hydrogens is 342 g/mol. The van der Waals surface area contributed by atoms with Crippen molar-refractivity contribution in [3.8, 4) is 5.69 Å². The summed E-state index contributed by atoms with van der Waals surface area (Å²) in [5.74, 6) is 1.23. The Morgan fingerprint density at radius 2 is 1.88 bits per heavy atom. The van der Waals surface area contributed by atoms with E-state index < -0.39 is 0 Å². The smallest absolute Gasteiger partial charge is 0.235 e. The van der Waals surface area contributed by atoms with Crippen molar-refractivity contribution < 1.29 is 4.79 Å². The molecule has 4 rings (SSSR count). The van der Waals surface area contributed by atoms with Gasteiger partial charge in [0.1, 0.15) is 5.82 Å². The summed E-state index contributed by atoms with van der Waals surface area (Å²) in [6.07, 6.45) is 0. The van der Waals surface area contributed by atoms with Gasteiger partial charge in [-0.3, -0.25) is 4.79 Å². The lowest BCUT2D eigenvalue weighted by atomic mass is 9.98. The number of aryl methyl sites for hydroxylation is 3. The van der Waals surface area contributed by atoms with Gasteiger partial charge in [0.05, 0.1) is 22.4 Å². The Bertz CT molecular complexity index is 978. The quantitative estimate of drug-likeness (QED) is 0.725. The minimum absolute atomic E-state index is 0.0144. The second kappa shape index (κ2) is 6.65. The van der Waals surface area contributed by atoms with Crippen molar-refractivity contribution in [1.29, 1.82) is 0 Å². The highest BCUT2D eigenvalue weighted by molar-refractivity contribution is 8.00. The monoisotopic (exact) mass is 363 g/mol. The van der Waals surface area contributed by atoms with E-state index >= 15 is 0 Å². The number of nitrogens with one attached hydrogen (secondary N) is 1. The number of benzene rings is 2. The highest BCUT2D eigenvalue weighted by atomic mass is 32.2. The first-order chi connectivity index (χ1) is 12.5. The minimum atomic E-state index is 0.0144. The average molecular weight is 363 g/mol. The molecule has 5 heteroatoms. The van der Waals surface area contributed by atoms with Gasteiger partial charge in [-0.2, -0.15) is 5.10 Å². The molecule has 0 bridgehead atoms. The summed E-state index contributed by atoms with van der Waals surface area (Å²) in [6, 6.07) is 16.5. The second-order valence-corrected chi connectivity index (χ2v) is 7.79. The number of carbonyl (C=O) groups excluding carboxylic acids is 1. The first-order valence-corrected chi connectivity index (χ1v) is 9.73. The fourth-order valence-corrected chi connectivity index (χ4v) is 4.79. The maximum atomic E-state index is 12.4. The van der Waals surface area contributed by atoms with Gasteiger partial charge in [-0.25, -0.2) is 4.68 Å². The van der Waals surface area contributed by atoms with Crippen LogP contribution in [-0.2, 0) is 4.79 Å². The molecule has 132 valence electrons. The Hall–Kier alpha value is -2.53. The summed E-state index contributed by atoms with van der Waals surface area (Å²) in [5.41, 5.74) is 6.73. The molecule has 1 aromatic heterocycles. The number of hydrogen-bond acceptors (Lipinski definition) is 3. The lowest BCUT2D eigenvalue weighted by molar-refractivity contribution is -0.113. The number of fused-ring (bicyclic) bond motifs is 1. The molecular formula is C21H21N3OS. The number of aromatic nitrogens is 2. The van der Waals surface area contributed by atoms with Gasteiger partial charge in [-0.1, -0.05) is 42.0 Å². The van der Waals surface area contributed by atoms with Crippen LogP contribution in [0.25, 0.3) is 5.69 Å². The number of para-hydroxylation sites is 1. The van der Waals surface area contributed by atoms with E-state index in [2.05, 4.69) is 37.4 Å². The molecule has 1 aliphatic rings. The first-order valence-electron chi connectivity index (χ1n) is 8.68. The van der Waals surface area contributed by atoms with E-state index in [0.29, 0.717) is 5.75 Å². The molecule has 2 heterocycles. The minimum Gasteiger partial charge on any atom is -0.310 e. The van der Waals surface area contributed by atoms with E-state index in [1.165, 1.54) is 16.7 Å². The number of nitrogens with zero attached hydrogens (tertiary/aromatic N) is 2. The predicted molar refractivity (Wildman–Crippen MR) is 107 cm³/mol. The van der Waals surface area contributed by atoms with Crippen molar-refractivity contribution in [2.24, 2.45) is 0 Å². The van der Waals surface area contributed by atoms with Crippen LogP contribution in [0.1, 0.15) is 33.2 Å². The first kappa shape index (κ1) is 16.9. The molecule has 1 atom stereocenters. The second-order valence-electron chi connectivity index (χ2n) is 6.69.